The fourth-order valence-corrected chi connectivity index (χ4v) is 4.60. The number of carbonyl (C=O) groups excluding carboxylic acids is 1. The SMILES string of the molecule is CC(C)n1nccc1NC(=O)CN1CCCCC1c1nc(N(C)C)ncc1-c1cccc(Cl)c1. The van der Waals surface area contributed by atoms with E-state index in [0.29, 0.717) is 16.8 Å². The van der Waals surface area contributed by atoms with Crippen molar-refractivity contribution in [3.05, 3.63) is 53.4 Å². The van der Waals surface area contributed by atoms with Crippen LogP contribution in [0, 0.1) is 0 Å². The van der Waals surface area contributed by atoms with Crippen LogP contribution in [-0.2, 0) is 4.79 Å². The zero-order valence-corrected chi connectivity index (χ0v) is 21.0. The van der Waals surface area contributed by atoms with Crippen LogP contribution in [0.4, 0.5) is 11.8 Å². The first-order valence-electron chi connectivity index (χ1n) is 11.7. The van der Waals surface area contributed by atoms with Crippen LogP contribution in [0.1, 0.15) is 50.9 Å². The summed E-state index contributed by atoms with van der Waals surface area (Å²) >= 11 is 6.30. The smallest absolute Gasteiger partial charge is 0.239 e. The van der Waals surface area contributed by atoms with E-state index in [1.165, 1.54) is 0 Å². The van der Waals surface area contributed by atoms with Crippen LogP contribution in [0.2, 0.25) is 5.02 Å². The van der Waals surface area contributed by atoms with Crippen molar-refractivity contribution < 1.29 is 4.79 Å². The van der Waals surface area contributed by atoms with Gasteiger partial charge in [0, 0.05) is 43.0 Å². The zero-order valence-electron chi connectivity index (χ0n) is 20.2. The Morgan fingerprint density at radius 3 is 2.82 bits per heavy atom. The molecule has 34 heavy (non-hydrogen) atoms. The van der Waals surface area contributed by atoms with Gasteiger partial charge in [0.1, 0.15) is 5.82 Å². The number of piperidine rings is 1. The summed E-state index contributed by atoms with van der Waals surface area (Å²) < 4.78 is 1.82. The molecular formula is C25H32ClN7O. The van der Waals surface area contributed by atoms with E-state index >= 15 is 0 Å². The molecule has 1 amide bonds. The van der Waals surface area contributed by atoms with Crippen molar-refractivity contribution in [3.8, 4) is 11.1 Å². The van der Waals surface area contributed by atoms with Crippen molar-refractivity contribution in [3.63, 3.8) is 0 Å². The fourth-order valence-electron chi connectivity index (χ4n) is 4.41. The second kappa shape index (κ2) is 10.5. The topological polar surface area (TPSA) is 79.2 Å². The van der Waals surface area contributed by atoms with Gasteiger partial charge >= 0.3 is 0 Å². The normalized spacial score (nSPS) is 16.6. The van der Waals surface area contributed by atoms with Crippen LogP contribution in [0.25, 0.3) is 11.1 Å². The third kappa shape index (κ3) is 5.39. The summed E-state index contributed by atoms with van der Waals surface area (Å²) in [6.45, 7) is 5.19. The standard InChI is InChI=1S/C25H32ClN7O/c1-17(2)33-22(11-12-28-33)29-23(34)16-32-13-6-5-10-21(32)24-20(15-27-25(30-24)31(3)4)18-8-7-9-19(26)14-18/h7-9,11-12,14-15,17,21H,5-6,10,13,16H2,1-4H3,(H,29,34). The number of rotatable bonds is 7. The lowest BCUT2D eigenvalue weighted by molar-refractivity contribution is -0.118. The van der Waals surface area contributed by atoms with Crippen LogP contribution in [0.15, 0.2) is 42.7 Å². The fraction of sp³-hybridized carbons (Fsp3) is 0.440. The number of nitrogens with zero attached hydrogens (tertiary/aromatic N) is 6. The summed E-state index contributed by atoms with van der Waals surface area (Å²) in [4.78, 5) is 26.7. The maximum Gasteiger partial charge on any atom is 0.239 e. The summed E-state index contributed by atoms with van der Waals surface area (Å²) in [5, 5.41) is 8.02. The molecule has 1 fully saturated rings. The molecule has 4 rings (SSSR count). The van der Waals surface area contributed by atoms with Crippen molar-refractivity contribution >= 4 is 29.3 Å². The molecule has 1 aliphatic rings. The van der Waals surface area contributed by atoms with E-state index in [9.17, 15) is 4.79 Å². The highest BCUT2D eigenvalue weighted by Crippen LogP contribution is 2.36. The van der Waals surface area contributed by atoms with Crippen molar-refractivity contribution in [1.29, 1.82) is 0 Å². The van der Waals surface area contributed by atoms with E-state index < -0.39 is 0 Å². The summed E-state index contributed by atoms with van der Waals surface area (Å²) in [5.41, 5.74) is 2.85. The molecule has 180 valence electrons. The van der Waals surface area contributed by atoms with Gasteiger partial charge in [-0.2, -0.15) is 5.10 Å². The first-order valence-corrected chi connectivity index (χ1v) is 12.1. The van der Waals surface area contributed by atoms with E-state index in [4.69, 9.17) is 16.6 Å². The molecule has 0 bridgehead atoms. The van der Waals surface area contributed by atoms with Gasteiger partial charge in [-0.3, -0.25) is 9.69 Å². The molecule has 1 N–H and O–H groups in total. The summed E-state index contributed by atoms with van der Waals surface area (Å²) in [5.74, 6) is 1.31. The molecule has 0 spiro atoms. The van der Waals surface area contributed by atoms with Gasteiger partial charge in [-0.05, 0) is 50.9 Å². The van der Waals surface area contributed by atoms with Gasteiger partial charge in [-0.1, -0.05) is 30.2 Å². The molecule has 1 atom stereocenters. The van der Waals surface area contributed by atoms with Gasteiger partial charge < -0.3 is 10.2 Å². The largest absolute Gasteiger partial charge is 0.347 e. The first-order chi connectivity index (χ1) is 16.3. The Bertz CT molecular complexity index is 1140. The number of anilines is 2. The van der Waals surface area contributed by atoms with Crippen molar-refractivity contribution in [2.75, 3.05) is 37.4 Å². The summed E-state index contributed by atoms with van der Waals surface area (Å²) in [6.07, 6.45) is 6.64. The second-order valence-electron chi connectivity index (χ2n) is 9.16. The highest BCUT2D eigenvalue weighted by atomic mass is 35.5. The molecule has 1 aliphatic heterocycles. The predicted octanol–water partition coefficient (Wildman–Crippen LogP) is 4.81. The quantitative estimate of drug-likeness (QED) is 0.522. The highest BCUT2D eigenvalue weighted by Gasteiger charge is 2.30. The molecule has 0 aliphatic carbocycles. The average Bonchev–Trinajstić information content (AvgIpc) is 3.27. The molecule has 2 aromatic heterocycles. The van der Waals surface area contributed by atoms with Crippen LogP contribution in [-0.4, -0.2) is 57.7 Å². The van der Waals surface area contributed by atoms with Crippen molar-refractivity contribution in [1.82, 2.24) is 24.6 Å². The van der Waals surface area contributed by atoms with E-state index in [0.717, 1.165) is 42.6 Å². The molecule has 1 unspecified atom stereocenters. The Labute approximate surface area is 205 Å². The van der Waals surface area contributed by atoms with Gasteiger partial charge in [0.15, 0.2) is 0 Å². The van der Waals surface area contributed by atoms with E-state index in [-0.39, 0.29) is 24.5 Å². The van der Waals surface area contributed by atoms with Gasteiger partial charge in [0.2, 0.25) is 11.9 Å². The Morgan fingerprint density at radius 2 is 2.09 bits per heavy atom. The number of carbonyl (C=O) groups is 1. The van der Waals surface area contributed by atoms with Gasteiger partial charge in [0.25, 0.3) is 0 Å². The lowest BCUT2D eigenvalue weighted by Crippen LogP contribution is -2.40. The molecule has 1 saturated heterocycles. The molecular weight excluding hydrogens is 450 g/mol. The van der Waals surface area contributed by atoms with E-state index in [1.807, 2.05) is 74.1 Å². The number of hydrogen-bond donors (Lipinski definition) is 1. The molecule has 3 heterocycles. The number of amides is 1. The molecule has 1 aromatic carbocycles. The van der Waals surface area contributed by atoms with Crippen LogP contribution in [0.3, 0.4) is 0 Å². The second-order valence-corrected chi connectivity index (χ2v) is 9.60. The lowest BCUT2D eigenvalue weighted by atomic mass is 9.94. The number of aromatic nitrogens is 4. The van der Waals surface area contributed by atoms with Gasteiger partial charge in [-0.15, -0.1) is 0 Å². The van der Waals surface area contributed by atoms with Gasteiger partial charge in [0.05, 0.1) is 24.5 Å². The third-order valence-electron chi connectivity index (χ3n) is 6.04. The number of nitrogens with one attached hydrogen (secondary N) is 1. The third-order valence-corrected chi connectivity index (χ3v) is 6.28. The molecule has 0 saturated carbocycles. The Balaban J connectivity index is 1.64. The predicted molar refractivity (Wildman–Crippen MR) is 136 cm³/mol. The van der Waals surface area contributed by atoms with Crippen molar-refractivity contribution in [2.24, 2.45) is 0 Å². The minimum absolute atomic E-state index is 0.00481. The minimum Gasteiger partial charge on any atom is -0.347 e. The number of likely N-dealkylation sites (tertiary alicyclic amines) is 1. The molecule has 9 heteroatoms. The maximum atomic E-state index is 13.1. The monoisotopic (exact) mass is 481 g/mol. The van der Waals surface area contributed by atoms with Crippen LogP contribution < -0.4 is 10.2 Å². The van der Waals surface area contributed by atoms with Crippen LogP contribution >= 0.6 is 11.6 Å². The number of benzene rings is 1. The molecule has 0 radical (unpaired) electrons. The Kier molecular flexibility index (Phi) is 7.48. The van der Waals surface area contributed by atoms with Crippen molar-refractivity contribution in [2.45, 2.75) is 45.2 Å². The molecule has 8 nitrogen and oxygen atoms in total. The number of hydrogen-bond acceptors (Lipinski definition) is 6. The molecule has 3 aromatic rings. The Hall–Kier alpha value is -2.97. The first kappa shape index (κ1) is 24.2. The van der Waals surface area contributed by atoms with E-state index in [2.05, 4.69) is 20.3 Å². The number of halogens is 1. The lowest BCUT2D eigenvalue weighted by Gasteiger charge is -2.36. The summed E-state index contributed by atoms with van der Waals surface area (Å²) in [7, 11) is 3.87. The summed E-state index contributed by atoms with van der Waals surface area (Å²) in [6, 6.07) is 9.76. The zero-order chi connectivity index (χ0) is 24.2. The average molecular weight is 482 g/mol. The maximum absolute atomic E-state index is 13.1. The minimum atomic E-state index is -0.0551. The van der Waals surface area contributed by atoms with E-state index in [1.54, 1.807) is 6.20 Å². The highest BCUT2D eigenvalue weighted by molar-refractivity contribution is 6.30. The Morgan fingerprint density at radius 1 is 1.26 bits per heavy atom. The van der Waals surface area contributed by atoms with Gasteiger partial charge in [-0.25, -0.2) is 14.6 Å². The van der Waals surface area contributed by atoms with Crippen LogP contribution in [0.5, 0.6) is 0 Å².